The first-order valence-electron chi connectivity index (χ1n) is 7.18. The van der Waals surface area contributed by atoms with E-state index in [-0.39, 0.29) is 0 Å². The first-order chi connectivity index (χ1) is 10.1. The number of halogens is 1. The molecule has 3 nitrogen and oxygen atoms in total. The number of anilines is 1. The summed E-state index contributed by atoms with van der Waals surface area (Å²) in [6.07, 6.45) is 4.86. The summed E-state index contributed by atoms with van der Waals surface area (Å²) in [5, 5.41) is 8.70. The molecule has 0 aliphatic carbocycles. The van der Waals surface area contributed by atoms with E-state index in [1.807, 2.05) is 40.8 Å². The van der Waals surface area contributed by atoms with Gasteiger partial charge in [-0.15, -0.1) is 0 Å². The molecule has 1 aromatic carbocycles. The van der Waals surface area contributed by atoms with Crippen LogP contribution in [0.5, 0.6) is 0 Å². The molecule has 3 rings (SSSR count). The minimum absolute atomic E-state index is 0.380. The van der Waals surface area contributed by atoms with Gasteiger partial charge in [0.05, 0.1) is 10.7 Å². The second-order valence-electron chi connectivity index (χ2n) is 6.31. The van der Waals surface area contributed by atoms with E-state index in [0.717, 1.165) is 17.1 Å². The third kappa shape index (κ3) is 3.38. The van der Waals surface area contributed by atoms with E-state index in [1.54, 1.807) is 6.20 Å². The number of nitrogens with zero attached hydrogens (tertiary/aromatic N) is 2. The number of aromatic nitrogens is 2. The second kappa shape index (κ2) is 5.93. The van der Waals surface area contributed by atoms with Gasteiger partial charge in [-0.1, -0.05) is 31.5 Å². The molecule has 2 heterocycles. The summed E-state index contributed by atoms with van der Waals surface area (Å²) >= 11 is 8.41. The van der Waals surface area contributed by atoms with Crippen molar-refractivity contribution in [1.82, 2.24) is 9.78 Å². The maximum Gasteiger partial charge on any atom is 0.106 e. The van der Waals surface area contributed by atoms with E-state index in [2.05, 4.69) is 30.3 Å². The van der Waals surface area contributed by atoms with Crippen molar-refractivity contribution < 1.29 is 0 Å². The average molecular weight is 322 g/mol. The number of thioether (sulfide) groups is 1. The number of hydrogen-bond donors (Lipinski definition) is 1. The van der Waals surface area contributed by atoms with Gasteiger partial charge in [0.2, 0.25) is 0 Å². The molecule has 1 aromatic heterocycles. The van der Waals surface area contributed by atoms with Gasteiger partial charge in [0.25, 0.3) is 0 Å². The fourth-order valence-corrected chi connectivity index (χ4v) is 4.38. The first-order valence-corrected chi connectivity index (χ1v) is 8.71. The van der Waals surface area contributed by atoms with E-state index in [9.17, 15) is 0 Å². The maximum atomic E-state index is 6.39. The topological polar surface area (TPSA) is 29.9 Å². The van der Waals surface area contributed by atoms with E-state index < -0.39 is 0 Å². The standard InChI is InChI=1S/C16H20ClN3S/c1-16(2)9-12(10-21-11-16)19-14-6-3-5-13(17)15(14)20-8-4-7-18-20/h3-8,12,19H,9-11H2,1-2H3. The molecule has 1 unspecified atom stereocenters. The summed E-state index contributed by atoms with van der Waals surface area (Å²) in [5.41, 5.74) is 2.36. The monoisotopic (exact) mass is 321 g/mol. The highest BCUT2D eigenvalue weighted by atomic mass is 35.5. The second-order valence-corrected chi connectivity index (χ2v) is 7.75. The number of para-hydroxylation sites is 1. The summed E-state index contributed by atoms with van der Waals surface area (Å²) < 4.78 is 1.83. The Hall–Kier alpha value is -1.13. The molecule has 5 heteroatoms. The summed E-state index contributed by atoms with van der Waals surface area (Å²) in [6, 6.07) is 8.34. The summed E-state index contributed by atoms with van der Waals surface area (Å²) in [5.74, 6) is 2.36. The van der Waals surface area contributed by atoms with Crippen molar-refractivity contribution in [3.63, 3.8) is 0 Å². The molecule has 2 aromatic rings. The van der Waals surface area contributed by atoms with E-state index in [4.69, 9.17) is 11.6 Å². The van der Waals surface area contributed by atoms with E-state index in [0.29, 0.717) is 16.5 Å². The third-order valence-corrected chi connectivity index (χ3v) is 5.62. The highest BCUT2D eigenvalue weighted by Gasteiger charge is 2.28. The third-order valence-electron chi connectivity index (χ3n) is 3.69. The van der Waals surface area contributed by atoms with Gasteiger partial charge in [0.1, 0.15) is 5.69 Å². The van der Waals surface area contributed by atoms with Gasteiger partial charge in [-0.2, -0.15) is 16.9 Å². The summed E-state index contributed by atoms with van der Waals surface area (Å²) in [6.45, 7) is 4.67. The highest BCUT2D eigenvalue weighted by molar-refractivity contribution is 7.99. The van der Waals surface area contributed by atoms with Gasteiger partial charge >= 0.3 is 0 Å². The minimum atomic E-state index is 0.380. The molecule has 112 valence electrons. The molecule has 1 aliphatic rings. The lowest BCUT2D eigenvalue weighted by atomic mass is 9.87. The summed E-state index contributed by atoms with van der Waals surface area (Å²) in [4.78, 5) is 0. The van der Waals surface area contributed by atoms with Crippen LogP contribution in [0.2, 0.25) is 5.02 Å². The number of nitrogens with one attached hydrogen (secondary N) is 1. The van der Waals surface area contributed by atoms with Crippen molar-refractivity contribution in [1.29, 1.82) is 0 Å². The molecule has 1 N–H and O–H groups in total. The van der Waals surface area contributed by atoms with Crippen LogP contribution in [0.3, 0.4) is 0 Å². The van der Waals surface area contributed by atoms with Crippen molar-refractivity contribution in [2.24, 2.45) is 5.41 Å². The molecule has 0 saturated carbocycles. The van der Waals surface area contributed by atoms with Crippen LogP contribution in [0.1, 0.15) is 20.3 Å². The zero-order chi connectivity index (χ0) is 14.9. The van der Waals surface area contributed by atoms with Crippen molar-refractivity contribution in [2.45, 2.75) is 26.3 Å². The van der Waals surface area contributed by atoms with Crippen molar-refractivity contribution in [2.75, 3.05) is 16.8 Å². The predicted molar refractivity (Wildman–Crippen MR) is 91.7 cm³/mol. The molecule has 0 bridgehead atoms. The van der Waals surface area contributed by atoms with Crippen LogP contribution < -0.4 is 5.32 Å². The Morgan fingerprint density at radius 3 is 2.95 bits per heavy atom. The Morgan fingerprint density at radius 2 is 2.24 bits per heavy atom. The molecule has 1 saturated heterocycles. The molecule has 1 aliphatic heterocycles. The fourth-order valence-electron chi connectivity index (χ4n) is 2.84. The lowest BCUT2D eigenvalue weighted by Gasteiger charge is -2.36. The van der Waals surface area contributed by atoms with Gasteiger partial charge in [-0.05, 0) is 35.8 Å². The van der Waals surface area contributed by atoms with Crippen LogP contribution in [0, 0.1) is 5.41 Å². The van der Waals surface area contributed by atoms with Crippen molar-refractivity contribution in [3.8, 4) is 5.69 Å². The molecule has 0 spiro atoms. The zero-order valence-electron chi connectivity index (χ0n) is 12.3. The Labute approximate surface area is 135 Å². The van der Waals surface area contributed by atoms with Crippen LogP contribution in [0.4, 0.5) is 5.69 Å². The Balaban J connectivity index is 1.87. The minimum Gasteiger partial charge on any atom is -0.380 e. The maximum absolute atomic E-state index is 6.39. The van der Waals surface area contributed by atoms with E-state index in [1.165, 1.54) is 12.2 Å². The van der Waals surface area contributed by atoms with Crippen molar-refractivity contribution >= 4 is 29.1 Å². The SMILES string of the molecule is CC1(C)CSCC(Nc2cccc(Cl)c2-n2cccn2)C1. The quantitative estimate of drug-likeness (QED) is 0.904. The molecular formula is C16H20ClN3S. The highest BCUT2D eigenvalue weighted by Crippen LogP contribution is 2.36. The van der Waals surface area contributed by atoms with Crippen LogP contribution in [-0.2, 0) is 0 Å². The van der Waals surface area contributed by atoms with Gasteiger partial charge < -0.3 is 5.32 Å². The Morgan fingerprint density at radius 1 is 1.38 bits per heavy atom. The van der Waals surface area contributed by atoms with Gasteiger partial charge in [0.15, 0.2) is 0 Å². The lowest BCUT2D eigenvalue weighted by molar-refractivity contribution is 0.358. The lowest BCUT2D eigenvalue weighted by Crippen LogP contribution is -2.35. The largest absolute Gasteiger partial charge is 0.380 e. The first kappa shape index (κ1) is 14.8. The van der Waals surface area contributed by atoms with Crippen molar-refractivity contribution in [3.05, 3.63) is 41.7 Å². The van der Waals surface area contributed by atoms with Crippen LogP contribution in [-0.4, -0.2) is 27.3 Å². The number of hydrogen-bond acceptors (Lipinski definition) is 3. The fraction of sp³-hybridized carbons (Fsp3) is 0.438. The zero-order valence-corrected chi connectivity index (χ0v) is 13.9. The molecule has 21 heavy (non-hydrogen) atoms. The molecule has 0 amide bonds. The van der Waals surface area contributed by atoms with Gasteiger partial charge in [-0.25, -0.2) is 4.68 Å². The normalized spacial score (nSPS) is 21.2. The van der Waals surface area contributed by atoms with Crippen LogP contribution in [0.15, 0.2) is 36.7 Å². The Kier molecular flexibility index (Phi) is 4.18. The average Bonchev–Trinajstić information content (AvgIpc) is 2.91. The summed E-state index contributed by atoms with van der Waals surface area (Å²) in [7, 11) is 0. The smallest absolute Gasteiger partial charge is 0.106 e. The van der Waals surface area contributed by atoms with Crippen LogP contribution >= 0.6 is 23.4 Å². The molecule has 0 radical (unpaired) electrons. The number of rotatable bonds is 3. The number of benzene rings is 1. The molecule has 1 fully saturated rings. The van der Waals surface area contributed by atoms with E-state index >= 15 is 0 Å². The Bertz CT molecular complexity index is 610. The predicted octanol–water partition coefficient (Wildman–Crippen LogP) is 4.47. The van der Waals surface area contributed by atoms with Gasteiger partial charge in [-0.3, -0.25) is 0 Å². The van der Waals surface area contributed by atoms with Gasteiger partial charge in [0, 0.05) is 24.2 Å². The molecular weight excluding hydrogens is 302 g/mol. The molecule has 1 atom stereocenters. The van der Waals surface area contributed by atoms with Crippen LogP contribution in [0.25, 0.3) is 5.69 Å².